The lowest BCUT2D eigenvalue weighted by Crippen LogP contribution is -2.34. The summed E-state index contributed by atoms with van der Waals surface area (Å²) in [6.07, 6.45) is 3.89. The van der Waals surface area contributed by atoms with Gasteiger partial charge in [0.05, 0.1) is 4.92 Å². The van der Waals surface area contributed by atoms with Crippen molar-refractivity contribution in [2.75, 3.05) is 19.6 Å². The number of carbonyl (C=O) groups is 1. The van der Waals surface area contributed by atoms with E-state index in [2.05, 4.69) is 24.1 Å². The Hall–Kier alpha value is -4.04. The number of halogens is 1. The summed E-state index contributed by atoms with van der Waals surface area (Å²) >= 11 is 0. The van der Waals surface area contributed by atoms with Crippen molar-refractivity contribution in [2.45, 2.75) is 58.5 Å². The SMILES string of the molecule is CCN(CC)CCC[C@H](C)NC(=O)C[C@@H](c1cccc(F)c1)c1cn(Cc2ccccc2)c2ccc([N+](=O)[O-])cc12. The highest BCUT2D eigenvalue weighted by atomic mass is 19.1. The molecular formula is C33H39FN4O3. The van der Waals surface area contributed by atoms with E-state index in [9.17, 15) is 19.3 Å². The molecule has 216 valence electrons. The number of nitro benzene ring substituents is 1. The third-order valence-electron chi connectivity index (χ3n) is 7.73. The predicted octanol–water partition coefficient (Wildman–Crippen LogP) is 6.89. The molecule has 4 rings (SSSR count). The maximum atomic E-state index is 14.4. The lowest BCUT2D eigenvalue weighted by molar-refractivity contribution is -0.384. The van der Waals surface area contributed by atoms with E-state index in [1.54, 1.807) is 18.2 Å². The fraction of sp³-hybridized carbons (Fsp3) is 0.364. The van der Waals surface area contributed by atoms with E-state index in [4.69, 9.17) is 0 Å². The number of nitrogens with zero attached hydrogens (tertiary/aromatic N) is 3. The van der Waals surface area contributed by atoms with Crippen LogP contribution in [-0.4, -0.2) is 46.0 Å². The van der Waals surface area contributed by atoms with Crippen LogP contribution < -0.4 is 5.32 Å². The molecule has 1 amide bonds. The molecule has 0 aliphatic heterocycles. The summed E-state index contributed by atoms with van der Waals surface area (Å²) in [6, 6.07) is 21.0. The first-order chi connectivity index (χ1) is 19.8. The number of aromatic nitrogens is 1. The summed E-state index contributed by atoms with van der Waals surface area (Å²) in [4.78, 5) is 27.0. The van der Waals surface area contributed by atoms with Gasteiger partial charge in [0.2, 0.25) is 5.91 Å². The normalized spacial score (nSPS) is 12.9. The number of nitrogens with one attached hydrogen (secondary N) is 1. The van der Waals surface area contributed by atoms with Gasteiger partial charge in [-0.25, -0.2) is 4.39 Å². The molecule has 0 radical (unpaired) electrons. The number of nitro groups is 1. The fourth-order valence-corrected chi connectivity index (χ4v) is 5.50. The van der Waals surface area contributed by atoms with Crippen molar-refractivity contribution in [3.05, 3.63) is 112 Å². The summed E-state index contributed by atoms with van der Waals surface area (Å²) in [5.74, 6) is -1.02. The van der Waals surface area contributed by atoms with Crippen molar-refractivity contribution in [1.29, 1.82) is 0 Å². The monoisotopic (exact) mass is 558 g/mol. The van der Waals surface area contributed by atoms with Gasteiger partial charge in [0.25, 0.3) is 5.69 Å². The number of hydrogen-bond acceptors (Lipinski definition) is 4. The zero-order valence-electron chi connectivity index (χ0n) is 24.1. The van der Waals surface area contributed by atoms with Gasteiger partial charge in [-0.3, -0.25) is 14.9 Å². The van der Waals surface area contributed by atoms with E-state index in [1.165, 1.54) is 18.2 Å². The fourth-order valence-electron chi connectivity index (χ4n) is 5.50. The lowest BCUT2D eigenvalue weighted by atomic mass is 9.87. The number of rotatable bonds is 14. The van der Waals surface area contributed by atoms with Crippen LogP contribution in [0, 0.1) is 15.9 Å². The molecule has 0 spiro atoms. The first-order valence-corrected chi connectivity index (χ1v) is 14.4. The second-order valence-corrected chi connectivity index (χ2v) is 10.6. The summed E-state index contributed by atoms with van der Waals surface area (Å²) in [5.41, 5.74) is 3.28. The minimum absolute atomic E-state index is 0.00766. The molecule has 0 aliphatic rings. The van der Waals surface area contributed by atoms with Crippen LogP contribution in [0.1, 0.15) is 62.6 Å². The van der Waals surface area contributed by atoms with Crippen LogP contribution >= 0.6 is 0 Å². The molecule has 2 atom stereocenters. The third kappa shape index (κ3) is 7.79. The Labute approximate surface area is 241 Å². The van der Waals surface area contributed by atoms with Crippen LogP contribution in [0.3, 0.4) is 0 Å². The van der Waals surface area contributed by atoms with E-state index < -0.39 is 16.7 Å². The van der Waals surface area contributed by atoms with Crippen molar-refractivity contribution in [2.24, 2.45) is 0 Å². The van der Waals surface area contributed by atoms with Crippen molar-refractivity contribution in [3.8, 4) is 0 Å². The zero-order valence-corrected chi connectivity index (χ0v) is 24.1. The first kappa shape index (κ1) is 29.9. The Morgan fingerprint density at radius 1 is 1.05 bits per heavy atom. The van der Waals surface area contributed by atoms with Crippen LogP contribution in [0.4, 0.5) is 10.1 Å². The molecule has 7 nitrogen and oxygen atoms in total. The summed E-state index contributed by atoms with van der Waals surface area (Å²) < 4.78 is 16.5. The topological polar surface area (TPSA) is 80.4 Å². The van der Waals surface area contributed by atoms with Crippen molar-refractivity contribution >= 4 is 22.5 Å². The Morgan fingerprint density at radius 3 is 2.49 bits per heavy atom. The molecule has 0 aliphatic carbocycles. The van der Waals surface area contributed by atoms with Crippen LogP contribution in [0.15, 0.2) is 79.0 Å². The number of non-ortho nitro benzene ring substituents is 1. The van der Waals surface area contributed by atoms with Gasteiger partial charge in [0.15, 0.2) is 0 Å². The lowest BCUT2D eigenvalue weighted by Gasteiger charge is -2.21. The average Bonchev–Trinajstić information content (AvgIpc) is 3.31. The van der Waals surface area contributed by atoms with E-state index in [0.717, 1.165) is 49.1 Å². The average molecular weight is 559 g/mol. The third-order valence-corrected chi connectivity index (χ3v) is 7.73. The highest BCUT2D eigenvalue weighted by Crippen LogP contribution is 2.37. The number of amides is 1. The van der Waals surface area contributed by atoms with Gasteiger partial charge in [-0.15, -0.1) is 0 Å². The molecule has 0 unspecified atom stereocenters. The molecule has 41 heavy (non-hydrogen) atoms. The number of benzene rings is 3. The Balaban J connectivity index is 1.67. The Morgan fingerprint density at radius 2 is 1.80 bits per heavy atom. The van der Waals surface area contributed by atoms with Gasteiger partial charge in [-0.2, -0.15) is 0 Å². The highest BCUT2D eigenvalue weighted by Gasteiger charge is 2.25. The maximum Gasteiger partial charge on any atom is 0.270 e. The molecule has 0 saturated heterocycles. The summed E-state index contributed by atoms with van der Waals surface area (Å²) in [6.45, 7) is 9.84. The zero-order chi connectivity index (χ0) is 29.4. The molecule has 3 aromatic carbocycles. The smallest absolute Gasteiger partial charge is 0.270 e. The van der Waals surface area contributed by atoms with Gasteiger partial charge in [0.1, 0.15) is 5.82 Å². The van der Waals surface area contributed by atoms with Gasteiger partial charge in [-0.1, -0.05) is 56.3 Å². The van der Waals surface area contributed by atoms with Crippen LogP contribution in [0.25, 0.3) is 10.9 Å². The van der Waals surface area contributed by atoms with E-state index >= 15 is 0 Å². The van der Waals surface area contributed by atoms with Gasteiger partial charge in [0, 0.05) is 54.2 Å². The molecule has 4 aromatic rings. The molecular weight excluding hydrogens is 519 g/mol. The number of fused-ring (bicyclic) bond motifs is 1. The second-order valence-electron chi connectivity index (χ2n) is 10.6. The van der Waals surface area contributed by atoms with E-state index in [1.807, 2.05) is 54.1 Å². The van der Waals surface area contributed by atoms with E-state index in [-0.39, 0.29) is 24.1 Å². The van der Waals surface area contributed by atoms with Gasteiger partial charge >= 0.3 is 0 Å². The summed E-state index contributed by atoms with van der Waals surface area (Å²) in [5, 5.41) is 15.5. The largest absolute Gasteiger partial charge is 0.354 e. The molecule has 0 fully saturated rings. The molecule has 1 heterocycles. The molecule has 8 heteroatoms. The van der Waals surface area contributed by atoms with Crippen LogP contribution in [0.2, 0.25) is 0 Å². The highest BCUT2D eigenvalue weighted by molar-refractivity contribution is 5.88. The Kier molecular flexibility index (Phi) is 10.2. The van der Waals surface area contributed by atoms with Crippen LogP contribution in [0.5, 0.6) is 0 Å². The Bertz CT molecular complexity index is 1470. The number of carbonyl (C=O) groups excluding carboxylic acids is 1. The quantitative estimate of drug-likeness (QED) is 0.135. The molecule has 1 N–H and O–H groups in total. The standard InChI is InChI=1S/C33H39FN4O3/c1-4-36(5-2)18-10-11-24(3)35-33(39)21-29(26-14-9-15-27(34)19-26)31-23-37(22-25-12-7-6-8-13-25)32-17-16-28(38(40)41)20-30(31)32/h6-9,12-17,19-20,23-24,29H,4-5,10-11,18,21-22H2,1-3H3,(H,35,39)/t24-,29-/m0/s1. The van der Waals surface area contributed by atoms with Crippen molar-refractivity contribution < 1.29 is 14.1 Å². The van der Waals surface area contributed by atoms with E-state index in [0.29, 0.717) is 17.5 Å². The minimum Gasteiger partial charge on any atom is -0.354 e. The number of hydrogen-bond donors (Lipinski definition) is 1. The first-order valence-electron chi connectivity index (χ1n) is 14.4. The second kappa shape index (κ2) is 14.0. The molecule has 0 saturated carbocycles. The van der Waals surface area contributed by atoms with Gasteiger partial charge < -0.3 is 14.8 Å². The molecule has 1 aromatic heterocycles. The molecule has 0 bridgehead atoms. The predicted molar refractivity (Wildman–Crippen MR) is 162 cm³/mol. The maximum absolute atomic E-state index is 14.4. The van der Waals surface area contributed by atoms with Crippen molar-refractivity contribution in [3.63, 3.8) is 0 Å². The van der Waals surface area contributed by atoms with Gasteiger partial charge in [-0.05, 0) is 74.3 Å². The van der Waals surface area contributed by atoms with Crippen LogP contribution in [-0.2, 0) is 11.3 Å². The minimum atomic E-state index is -0.491. The summed E-state index contributed by atoms with van der Waals surface area (Å²) in [7, 11) is 0. The van der Waals surface area contributed by atoms with Crippen molar-refractivity contribution in [1.82, 2.24) is 14.8 Å².